The van der Waals surface area contributed by atoms with Crippen molar-refractivity contribution in [3.63, 3.8) is 0 Å². The van der Waals surface area contributed by atoms with Crippen LogP contribution < -0.4 is 24.8 Å². The van der Waals surface area contributed by atoms with Crippen LogP contribution >= 0.6 is 0 Å². The summed E-state index contributed by atoms with van der Waals surface area (Å²) in [7, 11) is 2.15. The van der Waals surface area contributed by atoms with Crippen LogP contribution in [0, 0.1) is 11.8 Å². The highest BCUT2D eigenvalue weighted by molar-refractivity contribution is 5.33. The third-order valence-corrected chi connectivity index (χ3v) is 6.64. The Morgan fingerprint density at radius 2 is 1.29 bits per heavy atom. The van der Waals surface area contributed by atoms with Crippen molar-refractivity contribution in [2.75, 3.05) is 53.1 Å². The minimum Gasteiger partial charge on any atom is -0.493 e. The number of nitrogens with zero attached hydrogens (tertiary/aromatic N) is 3. The number of nitrogens with two attached hydrogens (primary N) is 1. The monoisotopic (exact) mass is 528 g/mol. The SMILES string of the molecule is CCCC(CCN(C)CCOc1cccc(OCC(CC)CC)c1)COc1cccc(OCCN=NN)c1. The molecule has 38 heavy (non-hydrogen) atoms. The fourth-order valence-corrected chi connectivity index (χ4v) is 4.08. The van der Waals surface area contributed by atoms with Crippen molar-refractivity contribution < 1.29 is 18.9 Å². The highest BCUT2D eigenvalue weighted by atomic mass is 16.5. The van der Waals surface area contributed by atoms with Crippen LogP contribution in [0.15, 0.2) is 58.9 Å². The van der Waals surface area contributed by atoms with E-state index in [0.29, 0.717) is 38.2 Å². The summed E-state index contributed by atoms with van der Waals surface area (Å²) in [5.74, 6) is 9.40. The maximum Gasteiger partial charge on any atom is 0.123 e. The fourth-order valence-electron chi connectivity index (χ4n) is 4.08. The molecule has 0 radical (unpaired) electrons. The zero-order chi connectivity index (χ0) is 27.4. The summed E-state index contributed by atoms with van der Waals surface area (Å²) in [6, 6.07) is 15.7. The van der Waals surface area contributed by atoms with Crippen molar-refractivity contribution >= 4 is 0 Å². The van der Waals surface area contributed by atoms with E-state index >= 15 is 0 Å². The lowest BCUT2D eigenvalue weighted by atomic mass is 10.0. The maximum absolute atomic E-state index is 6.12. The molecule has 212 valence electrons. The van der Waals surface area contributed by atoms with Crippen LogP contribution in [0.2, 0.25) is 0 Å². The van der Waals surface area contributed by atoms with Gasteiger partial charge in [0.05, 0.1) is 19.8 Å². The molecule has 0 heterocycles. The van der Waals surface area contributed by atoms with E-state index in [0.717, 1.165) is 74.8 Å². The molecule has 2 aromatic rings. The summed E-state index contributed by atoms with van der Waals surface area (Å²) in [5.41, 5.74) is 0. The Balaban J connectivity index is 1.71. The molecule has 0 aliphatic rings. The number of likely N-dealkylation sites (N-methyl/N-ethyl adjacent to an activating group) is 1. The molecule has 1 unspecified atom stereocenters. The summed E-state index contributed by atoms with van der Waals surface area (Å²) >= 11 is 0. The van der Waals surface area contributed by atoms with Crippen LogP contribution in [-0.4, -0.2) is 58.0 Å². The van der Waals surface area contributed by atoms with Crippen molar-refractivity contribution in [1.82, 2.24) is 4.90 Å². The third-order valence-electron chi connectivity index (χ3n) is 6.64. The van der Waals surface area contributed by atoms with Gasteiger partial charge in [0.2, 0.25) is 0 Å². The average molecular weight is 529 g/mol. The molecule has 0 amide bonds. The molecular formula is C30H48N4O4. The number of hydrogen-bond donors (Lipinski definition) is 1. The predicted octanol–water partition coefficient (Wildman–Crippen LogP) is 6.40. The Labute approximate surface area is 229 Å². The van der Waals surface area contributed by atoms with E-state index in [1.807, 2.05) is 48.5 Å². The van der Waals surface area contributed by atoms with Crippen molar-refractivity contribution in [2.45, 2.75) is 52.9 Å². The van der Waals surface area contributed by atoms with Gasteiger partial charge in [0, 0.05) is 18.7 Å². The molecule has 0 saturated carbocycles. The first-order valence-corrected chi connectivity index (χ1v) is 14.0. The maximum atomic E-state index is 6.12. The van der Waals surface area contributed by atoms with E-state index in [9.17, 15) is 0 Å². The smallest absolute Gasteiger partial charge is 0.123 e. The Morgan fingerprint density at radius 1 is 0.737 bits per heavy atom. The zero-order valence-electron chi connectivity index (χ0n) is 23.8. The molecule has 0 aliphatic carbocycles. The van der Waals surface area contributed by atoms with Gasteiger partial charge in [0.25, 0.3) is 0 Å². The van der Waals surface area contributed by atoms with E-state index in [-0.39, 0.29) is 0 Å². The highest BCUT2D eigenvalue weighted by Gasteiger charge is 2.12. The molecule has 2 rings (SSSR count). The molecule has 0 spiro atoms. The van der Waals surface area contributed by atoms with Gasteiger partial charge in [0.15, 0.2) is 0 Å². The molecular weight excluding hydrogens is 480 g/mol. The second-order valence-electron chi connectivity index (χ2n) is 9.68. The van der Waals surface area contributed by atoms with Gasteiger partial charge in [-0.2, -0.15) is 5.11 Å². The zero-order valence-corrected chi connectivity index (χ0v) is 23.8. The summed E-state index contributed by atoms with van der Waals surface area (Å²) < 4.78 is 23.8. The van der Waals surface area contributed by atoms with E-state index in [1.54, 1.807) is 0 Å². The van der Waals surface area contributed by atoms with Gasteiger partial charge in [0.1, 0.15) is 36.2 Å². The van der Waals surface area contributed by atoms with E-state index in [4.69, 9.17) is 24.8 Å². The molecule has 2 N–H and O–H groups in total. The molecule has 1 atom stereocenters. The van der Waals surface area contributed by atoms with Gasteiger partial charge in [-0.15, -0.1) is 0 Å². The van der Waals surface area contributed by atoms with Crippen LogP contribution in [0.25, 0.3) is 0 Å². The van der Waals surface area contributed by atoms with Gasteiger partial charge in [-0.05, 0) is 62.5 Å². The first kappa shape index (κ1) is 31.2. The largest absolute Gasteiger partial charge is 0.493 e. The lowest BCUT2D eigenvalue weighted by Gasteiger charge is -2.22. The molecule has 2 aromatic carbocycles. The van der Waals surface area contributed by atoms with Crippen molar-refractivity contribution in [1.29, 1.82) is 0 Å². The van der Waals surface area contributed by atoms with Gasteiger partial charge in [-0.3, -0.25) is 0 Å². The Kier molecular flexibility index (Phi) is 15.7. The summed E-state index contributed by atoms with van der Waals surface area (Å²) in [6.45, 7) is 11.4. The number of ether oxygens (including phenoxy) is 4. The quantitative estimate of drug-likeness (QED) is 0.0872. The molecule has 8 heteroatoms. The van der Waals surface area contributed by atoms with E-state index in [1.165, 1.54) is 0 Å². The molecule has 8 nitrogen and oxygen atoms in total. The fraction of sp³-hybridized carbons (Fsp3) is 0.600. The second kappa shape index (κ2) is 19.1. The minimum absolute atomic E-state index is 0.427. The van der Waals surface area contributed by atoms with Crippen LogP contribution in [0.4, 0.5) is 0 Å². The van der Waals surface area contributed by atoms with Crippen LogP contribution in [0.5, 0.6) is 23.0 Å². The highest BCUT2D eigenvalue weighted by Crippen LogP contribution is 2.23. The molecule has 0 bridgehead atoms. The normalized spacial score (nSPS) is 12.3. The Morgan fingerprint density at radius 3 is 1.84 bits per heavy atom. The molecule has 0 saturated heterocycles. The topological polar surface area (TPSA) is 90.9 Å². The van der Waals surface area contributed by atoms with Crippen LogP contribution in [0.3, 0.4) is 0 Å². The Hall–Kier alpha value is -3.00. The first-order valence-electron chi connectivity index (χ1n) is 14.0. The van der Waals surface area contributed by atoms with Crippen molar-refractivity contribution in [2.24, 2.45) is 28.0 Å². The second-order valence-corrected chi connectivity index (χ2v) is 9.68. The molecule has 0 aromatic heterocycles. The number of hydrogen-bond acceptors (Lipinski definition) is 7. The average Bonchev–Trinajstić information content (AvgIpc) is 2.94. The Bertz CT molecular complexity index is 907. The molecule has 0 fully saturated rings. The van der Waals surface area contributed by atoms with Crippen LogP contribution in [-0.2, 0) is 0 Å². The predicted molar refractivity (Wildman–Crippen MR) is 153 cm³/mol. The van der Waals surface area contributed by atoms with Crippen LogP contribution in [0.1, 0.15) is 52.9 Å². The standard InChI is InChI=1S/C30H48N4O4/c1-5-10-26(24-38-30-14-8-11-27(21-30)35-19-16-32-33-31)15-17-34(4)18-20-36-28-12-9-13-29(22-28)37-23-25(6-2)7-3/h8-9,11-14,21-22,25-26H,5-7,10,15-20,23-24H2,1-4H3,(H2,31,32). The summed E-state index contributed by atoms with van der Waals surface area (Å²) in [6.07, 6.45) is 5.61. The van der Waals surface area contributed by atoms with Gasteiger partial charge in [-0.25, -0.2) is 0 Å². The summed E-state index contributed by atoms with van der Waals surface area (Å²) in [4.78, 5) is 2.32. The third kappa shape index (κ3) is 13.0. The van der Waals surface area contributed by atoms with E-state index in [2.05, 4.69) is 43.1 Å². The lowest BCUT2D eigenvalue weighted by Crippen LogP contribution is -2.28. The van der Waals surface area contributed by atoms with Gasteiger partial charge >= 0.3 is 0 Å². The number of benzene rings is 2. The van der Waals surface area contributed by atoms with Gasteiger partial charge < -0.3 is 29.7 Å². The van der Waals surface area contributed by atoms with E-state index < -0.39 is 0 Å². The van der Waals surface area contributed by atoms with Gasteiger partial charge in [-0.1, -0.05) is 57.4 Å². The molecule has 0 aliphatic heterocycles. The van der Waals surface area contributed by atoms with Crippen molar-refractivity contribution in [3.05, 3.63) is 48.5 Å². The summed E-state index contributed by atoms with van der Waals surface area (Å²) in [5, 5.41) is 6.94. The van der Waals surface area contributed by atoms with Crippen molar-refractivity contribution in [3.8, 4) is 23.0 Å². The first-order chi connectivity index (χ1) is 18.6. The minimum atomic E-state index is 0.427. The number of rotatable bonds is 21. The lowest BCUT2D eigenvalue weighted by molar-refractivity contribution is 0.192.